The van der Waals surface area contributed by atoms with Gasteiger partial charge in [-0.2, -0.15) is 0 Å². The van der Waals surface area contributed by atoms with Gasteiger partial charge in [-0.3, -0.25) is 0 Å². The van der Waals surface area contributed by atoms with Crippen LogP contribution in [0.3, 0.4) is 0 Å². The van der Waals surface area contributed by atoms with Crippen LogP contribution in [-0.2, 0) is 5.41 Å². The summed E-state index contributed by atoms with van der Waals surface area (Å²) >= 11 is 0. The summed E-state index contributed by atoms with van der Waals surface area (Å²) in [6.07, 6.45) is 0. The largest absolute Gasteiger partial charge is 0.228 e. The van der Waals surface area contributed by atoms with E-state index in [0.29, 0.717) is 0 Å². The van der Waals surface area contributed by atoms with Crippen molar-refractivity contribution in [2.45, 2.75) is 19.3 Å². The van der Waals surface area contributed by atoms with E-state index in [1.54, 1.807) is 0 Å². The Bertz CT molecular complexity index is 2810. The van der Waals surface area contributed by atoms with E-state index in [2.05, 4.69) is 184 Å². The second-order valence-corrected chi connectivity index (χ2v) is 15.0. The second kappa shape index (κ2) is 13.2. The Kier molecular flexibility index (Phi) is 7.85. The molecule has 0 saturated heterocycles. The van der Waals surface area contributed by atoms with Crippen LogP contribution >= 0.6 is 0 Å². The van der Waals surface area contributed by atoms with Gasteiger partial charge in [-0.05, 0) is 84.6 Å². The summed E-state index contributed by atoms with van der Waals surface area (Å²) < 4.78 is 0. The first-order valence-corrected chi connectivity index (χ1v) is 19.0. The number of hydrogen-bond acceptors (Lipinski definition) is 2. The van der Waals surface area contributed by atoms with Crippen LogP contribution < -0.4 is 0 Å². The van der Waals surface area contributed by atoms with E-state index in [4.69, 9.17) is 9.97 Å². The van der Waals surface area contributed by atoms with Gasteiger partial charge < -0.3 is 0 Å². The lowest BCUT2D eigenvalue weighted by molar-refractivity contribution is 0.660. The van der Waals surface area contributed by atoms with E-state index in [9.17, 15) is 0 Å². The first kappa shape index (κ1) is 32.7. The first-order chi connectivity index (χ1) is 27.0. The molecule has 260 valence electrons. The highest BCUT2D eigenvalue weighted by Gasteiger charge is 2.35. The zero-order chi connectivity index (χ0) is 36.9. The molecule has 1 heterocycles. The standard InChI is InChI=1S/C53H38N2/c1-53(2)47-25-10-9-22-45(47)46-31-30-41(33-48(46)53)40-20-11-21-42(32-40)44-24-13-19-38-18-12-23-43(51(38)44)35-26-28-37(29-27-35)50-34-49(36-14-5-3-6-15-36)54-52(55-50)39-16-7-4-8-17-39/h3-34H,1-2H3. The molecule has 10 rings (SSSR count). The highest BCUT2D eigenvalue weighted by atomic mass is 14.9. The van der Waals surface area contributed by atoms with Gasteiger partial charge in [0.2, 0.25) is 0 Å². The zero-order valence-corrected chi connectivity index (χ0v) is 30.9. The summed E-state index contributed by atoms with van der Waals surface area (Å²) in [5, 5.41) is 2.47. The minimum atomic E-state index is -0.0402. The predicted molar refractivity (Wildman–Crippen MR) is 230 cm³/mol. The van der Waals surface area contributed by atoms with Crippen molar-refractivity contribution in [1.29, 1.82) is 0 Å². The summed E-state index contributed by atoms with van der Waals surface area (Å²) in [7, 11) is 0. The van der Waals surface area contributed by atoms with E-state index in [0.717, 1.165) is 33.9 Å². The van der Waals surface area contributed by atoms with Crippen LogP contribution in [-0.4, -0.2) is 9.97 Å². The average Bonchev–Trinajstić information content (AvgIpc) is 3.49. The Morgan fingerprint density at radius 2 is 0.818 bits per heavy atom. The van der Waals surface area contributed by atoms with Crippen LogP contribution in [0.15, 0.2) is 194 Å². The number of fused-ring (bicyclic) bond motifs is 4. The fourth-order valence-electron chi connectivity index (χ4n) is 8.46. The molecule has 0 amide bonds. The molecule has 8 aromatic carbocycles. The van der Waals surface area contributed by atoms with Gasteiger partial charge in [0.25, 0.3) is 0 Å². The molecule has 0 spiro atoms. The Morgan fingerprint density at radius 3 is 1.55 bits per heavy atom. The normalized spacial score (nSPS) is 12.7. The highest BCUT2D eigenvalue weighted by Crippen LogP contribution is 2.49. The van der Waals surface area contributed by atoms with Gasteiger partial charge in [0.05, 0.1) is 11.4 Å². The van der Waals surface area contributed by atoms with E-state index in [1.807, 2.05) is 24.3 Å². The fourth-order valence-corrected chi connectivity index (χ4v) is 8.46. The third-order valence-corrected chi connectivity index (χ3v) is 11.3. The lowest BCUT2D eigenvalue weighted by atomic mass is 9.81. The van der Waals surface area contributed by atoms with Crippen molar-refractivity contribution < 1.29 is 0 Å². The quantitative estimate of drug-likeness (QED) is 0.172. The summed E-state index contributed by atoms with van der Waals surface area (Å²) in [6.45, 7) is 4.69. The highest BCUT2D eigenvalue weighted by molar-refractivity contribution is 6.06. The topological polar surface area (TPSA) is 25.8 Å². The molecule has 1 aliphatic carbocycles. The van der Waals surface area contributed by atoms with Gasteiger partial charge in [0.1, 0.15) is 0 Å². The minimum absolute atomic E-state index is 0.0402. The molecule has 55 heavy (non-hydrogen) atoms. The summed E-state index contributed by atoms with van der Waals surface area (Å²) in [5.74, 6) is 0.718. The number of benzene rings is 8. The van der Waals surface area contributed by atoms with Crippen LogP contribution in [0.5, 0.6) is 0 Å². The predicted octanol–water partition coefficient (Wildman–Crippen LogP) is 13.9. The first-order valence-electron chi connectivity index (χ1n) is 19.0. The van der Waals surface area contributed by atoms with Crippen molar-refractivity contribution >= 4 is 10.8 Å². The van der Waals surface area contributed by atoms with Gasteiger partial charge in [-0.25, -0.2) is 9.97 Å². The van der Waals surface area contributed by atoms with Gasteiger partial charge >= 0.3 is 0 Å². The molecule has 0 N–H and O–H groups in total. The van der Waals surface area contributed by atoms with Crippen molar-refractivity contribution in [3.8, 4) is 78.4 Å². The van der Waals surface area contributed by atoms with E-state index >= 15 is 0 Å². The number of aromatic nitrogens is 2. The van der Waals surface area contributed by atoms with E-state index < -0.39 is 0 Å². The van der Waals surface area contributed by atoms with Crippen molar-refractivity contribution in [2.75, 3.05) is 0 Å². The Labute approximate surface area is 322 Å². The Balaban J connectivity index is 1.03. The Hall–Kier alpha value is -6.90. The summed E-state index contributed by atoms with van der Waals surface area (Å²) in [6, 6.07) is 69.7. The number of nitrogens with zero attached hydrogens (tertiary/aromatic N) is 2. The molecule has 0 saturated carbocycles. The lowest BCUT2D eigenvalue weighted by Crippen LogP contribution is -2.14. The van der Waals surface area contributed by atoms with Crippen LogP contribution in [0.25, 0.3) is 89.2 Å². The maximum absolute atomic E-state index is 5.07. The molecule has 0 bridgehead atoms. The maximum atomic E-state index is 5.07. The van der Waals surface area contributed by atoms with Crippen molar-refractivity contribution in [1.82, 2.24) is 9.97 Å². The van der Waals surface area contributed by atoms with Crippen molar-refractivity contribution in [2.24, 2.45) is 0 Å². The minimum Gasteiger partial charge on any atom is -0.228 e. The molecule has 0 atom stereocenters. The molecular weight excluding hydrogens is 665 g/mol. The van der Waals surface area contributed by atoms with Gasteiger partial charge in [0, 0.05) is 22.1 Å². The van der Waals surface area contributed by atoms with E-state index in [-0.39, 0.29) is 5.41 Å². The van der Waals surface area contributed by atoms with Crippen molar-refractivity contribution in [3.63, 3.8) is 0 Å². The third-order valence-electron chi connectivity index (χ3n) is 11.3. The maximum Gasteiger partial charge on any atom is 0.160 e. The van der Waals surface area contributed by atoms with Crippen LogP contribution in [0.2, 0.25) is 0 Å². The summed E-state index contributed by atoms with van der Waals surface area (Å²) in [5.41, 5.74) is 17.6. The lowest BCUT2D eigenvalue weighted by Gasteiger charge is -2.22. The van der Waals surface area contributed by atoms with Crippen molar-refractivity contribution in [3.05, 3.63) is 205 Å². The molecule has 1 aromatic heterocycles. The van der Waals surface area contributed by atoms with Crippen LogP contribution in [0.4, 0.5) is 0 Å². The molecule has 0 radical (unpaired) electrons. The van der Waals surface area contributed by atoms with Crippen LogP contribution in [0.1, 0.15) is 25.0 Å². The molecule has 2 nitrogen and oxygen atoms in total. The fraction of sp³-hybridized carbons (Fsp3) is 0.0566. The van der Waals surface area contributed by atoms with Crippen LogP contribution in [0, 0.1) is 0 Å². The average molecular weight is 703 g/mol. The monoisotopic (exact) mass is 702 g/mol. The second-order valence-electron chi connectivity index (χ2n) is 15.0. The third kappa shape index (κ3) is 5.75. The van der Waals surface area contributed by atoms with E-state index in [1.165, 1.54) is 66.4 Å². The summed E-state index contributed by atoms with van der Waals surface area (Å²) in [4.78, 5) is 10.0. The number of rotatable bonds is 6. The van der Waals surface area contributed by atoms with Gasteiger partial charge in [-0.1, -0.05) is 190 Å². The van der Waals surface area contributed by atoms with Gasteiger partial charge in [-0.15, -0.1) is 0 Å². The molecule has 1 aliphatic rings. The molecule has 9 aromatic rings. The molecule has 0 unspecified atom stereocenters. The molecule has 0 fully saturated rings. The zero-order valence-electron chi connectivity index (χ0n) is 30.9. The van der Waals surface area contributed by atoms with Gasteiger partial charge in [0.15, 0.2) is 5.82 Å². The Morgan fingerprint density at radius 1 is 0.327 bits per heavy atom. The SMILES string of the molecule is CC1(C)c2ccccc2-c2ccc(-c3cccc(-c4cccc5cccc(-c6ccc(-c7cc(-c8ccccc8)nc(-c8ccccc8)n7)cc6)c45)c3)cc21. The molecule has 0 aliphatic heterocycles. The molecular formula is C53H38N2. The molecule has 2 heteroatoms. The number of hydrogen-bond donors (Lipinski definition) is 0. The smallest absolute Gasteiger partial charge is 0.160 e.